The zero-order valence-corrected chi connectivity index (χ0v) is 14.5. The van der Waals surface area contributed by atoms with Crippen LogP contribution in [0.3, 0.4) is 0 Å². The molecule has 0 radical (unpaired) electrons. The van der Waals surface area contributed by atoms with E-state index in [1.165, 1.54) is 6.39 Å². The number of benzene rings is 2. The molecule has 0 aliphatic heterocycles. The van der Waals surface area contributed by atoms with E-state index in [0.29, 0.717) is 7.48 Å². The molecule has 1 aromatic heterocycles. The van der Waals surface area contributed by atoms with Crippen molar-refractivity contribution >= 4 is 24.0 Å². The van der Waals surface area contributed by atoms with Crippen molar-refractivity contribution in [2.24, 2.45) is 0 Å². The number of nitrogens with zero attached hydrogens (tertiary/aromatic N) is 1. The molecule has 4 nitrogen and oxygen atoms in total. The lowest BCUT2D eigenvalue weighted by Crippen LogP contribution is -2.49. The predicted octanol–water partition coefficient (Wildman–Crippen LogP) is 3.04. The van der Waals surface area contributed by atoms with Crippen LogP contribution >= 0.6 is 0 Å². The molecule has 0 bridgehead atoms. The molecule has 3 rings (SSSR count). The second-order valence-electron chi connectivity index (χ2n) is 7.09. The fourth-order valence-electron chi connectivity index (χ4n) is 2.32. The summed E-state index contributed by atoms with van der Waals surface area (Å²) in [6.45, 7) is 7.31. The molecule has 1 N–H and O–H groups in total. The molecule has 0 saturated carbocycles. The van der Waals surface area contributed by atoms with E-state index < -0.39 is 11.2 Å². The van der Waals surface area contributed by atoms with Gasteiger partial charge in [-0.05, 0) is 51.0 Å². The van der Waals surface area contributed by atoms with Crippen LogP contribution < -0.4 is 5.46 Å². The molecule has 0 unspecified atom stereocenters. The highest BCUT2D eigenvalue weighted by atomic mass is 16.5. The van der Waals surface area contributed by atoms with Gasteiger partial charge in [0, 0.05) is 0 Å². The number of hydrogen-bond donors (Lipinski definition) is 1. The molecule has 0 amide bonds. The zero-order valence-electron chi connectivity index (χ0n) is 14.5. The largest absolute Gasteiger partial charge is 0.443 e. The maximum atomic E-state index is 10.2. The molecule has 5 heteroatoms. The van der Waals surface area contributed by atoms with Crippen molar-refractivity contribution in [1.82, 2.24) is 4.98 Å². The Labute approximate surface area is 142 Å². The average Bonchev–Trinajstić information content (AvgIpc) is 3.00. The van der Waals surface area contributed by atoms with Crippen molar-refractivity contribution in [3.05, 3.63) is 48.9 Å². The molecular formula is C19H22BNO3. The lowest BCUT2D eigenvalue weighted by molar-refractivity contribution is -0.0893. The Bertz CT molecular complexity index is 849. The van der Waals surface area contributed by atoms with E-state index in [2.05, 4.69) is 17.1 Å². The van der Waals surface area contributed by atoms with Gasteiger partial charge in [-0.1, -0.05) is 35.8 Å². The first-order chi connectivity index (χ1) is 11.3. The highest BCUT2D eigenvalue weighted by Gasteiger charge is 2.35. The highest BCUT2D eigenvalue weighted by molar-refractivity contribution is 6.47. The van der Waals surface area contributed by atoms with Crippen LogP contribution in [0.1, 0.15) is 27.7 Å². The summed E-state index contributed by atoms with van der Waals surface area (Å²) in [6.07, 6.45) is 1.46. The number of aromatic nitrogens is 1. The first-order valence-corrected chi connectivity index (χ1v) is 8.05. The Morgan fingerprint density at radius 3 is 2.54 bits per heavy atom. The second-order valence-corrected chi connectivity index (χ2v) is 7.09. The van der Waals surface area contributed by atoms with Crippen LogP contribution in [-0.2, 0) is 4.65 Å². The van der Waals surface area contributed by atoms with E-state index in [0.717, 1.165) is 27.7 Å². The molecule has 124 valence electrons. The summed E-state index contributed by atoms with van der Waals surface area (Å²) >= 11 is 0. The molecule has 0 aliphatic rings. The molecule has 2 aromatic carbocycles. The number of rotatable bonds is 5. The van der Waals surface area contributed by atoms with Gasteiger partial charge in [-0.25, -0.2) is 4.98 Å². The summed E-state index contributed by atoms with van der Waals surface area (Å²) < 4.78 is 11.3. The van der Waals surface area contributed by atoms with E-state index in [9.17, 15) is 5.11 Å². The zero-order chi connectivity index (χ0) is 17.4. The molecule has 3 aromatic rings. The highest BCUT2D eigenvalue weighted by Crippen LogP contribution is 2.25. The summed E-state index contributed by atoms with van der Waals surface area (Å²) in [5.41, 5.74) is 3.30. The Balaban J connectivity index is 1.81. The van der Waals surface area contributed by atoms with Gasteiger partial charge in [-0.2, -0.15) is 0 Å². The molecular weight excluding hydrogens is 301 g/mol. The van der Waals surface area contributed by atoms with Crippen LogP contribution in [0.5, 0.6) is 0 Å². The van der Waals surface area contributed by atoms with E-state index in [1.54, 1.807) is 13.8 Å². The van der Waals surface area contributed by atoms with Crippen molar-refractivity contribution in [1.29, 1.82) is 0 Å². The average molecular weight is 323 g/mol. The standard InChI is InChI=1S/C19H22BNO3/c1-18(2,22)19(3,4)24-20-15-7-5-6-13(10-15)14-8-9-16-17(11-14)23-12-21-16/h5-12,20,22H,1-4H3. The summed E-state index contributed by atoms with van der Waals surface area (Å²) in [7, 11) is 0.440. The quantitative estimate of drug-likeness (QED) is 0.733. The van der Waals surface area contributed by atoms with Gasteiger partial charge in [-0.3, -0.25) is 0 Å². The Hall–Kier alpha value is -2.11. The summed E-state index contributed by atoms with van der Waals surface area (Å²) in [4.78, 5) is 4.14. The third kappa shape index (κ3) is 3.37. The number of oxazole rings is 1. The summed E-state index contributed by atoms with van der Waals surface area (Å²) in [5.74, 6) is 0. The molecule has 0 aliphatic carbocycles. The fourth-order valence-corrected chi connectivity index (χ4v) is 2.32. The van der Waals surface area contributed by atoms with Gasteiger partial charge >= 0.3 is 7.48 Å². The third-order valence-corrected chi connectivity index (χ3v) is 4.66. The molecule has 1 heterocycles. The van der Waals surface area contributed by atoms with Gasteiger partial charge in [0.25, 0.3) is 0 Å². The third-order valence-electron chi connectivity index (χ3n) is 4.66. The van der Waals surface area contributed by atoms with Crippen LogP contribution in [-0.4, -0.2) is 28.8 Å². The lowest BCUT2D eigenvalue weighted by Gasteiger charge is -2.37. The van der Waals surface area contributed by atoms with Gasteiger partial charge in [0.15, 0.2) is 12.0 Å². The maximum absolute atomic E-state index is 10.2. The topological polar surface area (TPSA) is 55.5 Å². The molecule has 0 atom stereocenters. The Morgan fingerprint density at radius 2 is 1.79 bits per heavy atom. The van der Waals surface area contributed by atoms with E-state index in [1.807, 2.05) is 44.2 Å². The van der Waals surface area contributed by atoms with Gasteiger partial charge in [0.2, 0.25) is 0 Å². The minimum Gasteiger partial charge on any atom is -0.443 e. The normalized spacial score (nSPS) is 12.5. The van der Waals surface area contributed by atoms with Crippen molar-refractivity contribution in [2.75, 3.05) is 0 Å². The van der Waals surface area contributed by atoms with Gasteiger partial charge in [-0.15, -0.1) is 0 Å². The molecule has 0 fully saturated rings. The van der Waals surface area contributed by atoms with E-state index in [4.69, 9.17) is 9.07 Å². The van der Waals surface area contributed by atoms with Gasteiger partial charge in [0.1, 0.15) is 5.52 Å². The number of hydrogen-bond acceptors (Lipinski definition) is 4. The van der Waals surface area contributed by atoms with Crippen LogP contribution in [0, 0.1) is 0 Å². The van der Waals surface area contributed by atoms with Crippen LogP contribution in [0.2, 0.25) is 0 Å². The Kier molecular flexibility index (Phi) is 4.24. The van der Waals surface area contributed by atoms with E-state index >= 15 is 0 Å². The summed E-state index contributed by atoms with van der Waals surface area (Å²) in [5, 5.41) is 10.2. The molecule has 24 heavy (non-hydrogen) atoms. The van der Waals surface area contributed by atoms with Gasteiger partial charge in [0.05, 0.1) is 11.2 Å². The monoisotopic (exact) mass is 323 g/mol. The van der Waals surface area contributed by atoms with Crippen LogP contribution in [0.25, 0.3) is 22.2 Å². The summed E-state index contributed by atoms with van der Waals surface area (Å²) in [6, 6.07) is 14.2. The molecule has 0 saturated heterocycles. The number of fused-ring (bicyclic) bond motifs is 1. The smallest absolute Gasteiger partial charge is 0.309 e. The SMILES string of the molecule is CC(C)(O)C(C)(C)OBc1cccc(-c2ccc3ncoc3c2)c1. The maximum Gasteiger partial charge on any atom is 0.309 e. The Morgan fingerprint density at radius 1 is 1.04 bits per heavy atom. The second kappa shape index (κ2) is 6.08. The first-order valence-electron chi connectivity index (χ1n) is 8.05. The lowest BCUT2D eigenvalue weighted by atomic mass is 9.81. The van der Waals surface area contributed by atoms with Crippen LogP contribution in [0.4, 0.5) is 0 Å². The van der Waals surface area contributed by atoms with Gasteiger partial charge < -0.3 is 14.2 Å². The van der Waals surface area contributed by atoms with Crippen molar-refractivity contribution in [3.63, 3.8) is 0 Å². The fraction of sp³-hybridized carbons (Fsp3) is 0.316. The van der Waals surface area contributed by atoms with Crippen molar-refractivity contribution in [2.45, 2.75) is 38.9 Å². The first kappa shape index (κ1) is 16.7. The minimum absolute atomic E-state index is 0.440. The van der Waals surface area contributed by atoms with E-state index in [-0.39, 0.29) is 0 Å². The minimum atomic E-state index is -0.915. The van der Waals surface area contributed by atoms with Crippen molar-refractivity contribution < 1.29 is 14.2 Å². The van der Waals surface area contributed by atoms with Crippen LogP contribution in [0.15, 0.2) is 53.3 Å². The number of aliphatic hydroxyl groups is 1. The van der Waals surface area contributed by atoms with Crippen molar-refractivity contribution in [3.8, 4) is 11.1 Å². The molecule has 0 spiro atoms. The predicted molar refractivity (Wildman–Crippen MR) is 97.7 cm³/mol.